The number of amides is 2. The van der Waals surface area contributed by atoms with Crippen molar-refractivity contribution in [3.05, 3.63) is 41.6 Å². The normalized spacial score (nSPS) is 12.9. The van der Waals surface area contributed by atoms with Crippen molar-refractivity contribution in [2.75, 3.05) is 6.54 Å². The molecule has 0 saturated heterocycles. The average molecular weight is 343 g/mol. The Bertz CT molecular complexity index is 539. The van der Waals surface area contributed by atoms with Crippen LogP contribution in [0, 0.1) is 0 Å². The largest absolute Gasteiger partial charge is 0.338 e. The van der Waals surface area contributed by atoms with Crippen molar-refractivity contribution in [1.29, 1.82) is 0 Å². The molecule has 25 heavy (non-hydrogen) atoms. The third-order valence-electron chi connectivity index (χ3n) is 4.90. The van der Waals surface area contributed by atoms with Gasteiger partial charge in [0.1, 0.15) is 0 Å². The van der Waals surface area contributed by atoms with Crippen molar-refractivity contribution < 1.29 is 4.79 Å². The molecule has 3 nitrogen and oxygen atoms in total. The maximum absolute atomic E-state index is 12.2. The molecule has 0 atom stereocenters. The van der Waals surface area contributed by atoms with Crippen LogP contribution in [0.5, 0.6) is 0 Å². The summed E-state index contributed by atoms with van der Waals surface area (Å²) >= 11 is 0. The van der Waals surface area contributed by atoms with E-state index in [0.29, 0.717) is 6.54 Å². The molecule has 1 heterocycles. The zero-order valence-corrected chi connectivity index (χ0v) is 15.8. The topological polar surface area (TPSA) is 32.3 Å². The average Bonchev–Trinajstić information content (AvgIpc) is 2.65. The summed E-state index contributed by atoms with van der Waals surface area (Å²) < 4.78 is 0. The van der Waals surface area contributed by atoms with E-state index in [1.165, 1.54) is 68.9 Å². The van der Waals surface area contributed by atoms with Crippen LogP contribution in [0.3, 0.4) is 0 Å². The highest BCUT2D eigenvalue weighted by atomic mass is 16.2. The van der Waals surface area contributed by atoms with Gasteiger partial charge in [-0.3, -0.25) is 4.90 Å². The van der Waals surface area contributed by atoms with E-state index in [2.05, 4.69) is 24.4 Å². The van der Waals surface area contributed by atoms with Crippen LogP contribution in [0.25, 0.3) is 6.08 Å². The zero-order valence-electron chi connectivity index (χ0n) is 15.8. The monoisotopic (exact) mass is 342 g/mol. The number of hydrogen-bond donors (Lipinski definition) is 1. The Morgan fingerprint density at radius 1 is 0.960 bits per heavy atom. The van der Waals surface area contributed by atoms with Crippen LogP contribution in [0.4, 0.5) is 4.79 Å². The van der Waals surface area contributed by atoms with Gasteiger partial charge in [-0.15, -0.1) is 0 Å². The van der Waals surface area contributed by atoms with Gasteiger partial charge < -0.3 is 5.32 Å². The first kappa shape index (κ1) is 19.6. The Kier molecular flexibility index (Phi) is 9.17. The van der Waals surface area contributed by atoms with Crippen LogP contribution in [0.1, 0.15) is 82.3 Å². The maximum Gasteiger partial charge on any atom is 0.321 e. The number of nitrogens with one attached hydrogen (secondary N) is 1. The van der Waals surface area contributed by atoms with E-state index in [1.807, 2.05) is 24.4 Å². The molecule has 0 aromatic heterocycles. The van der Waals surface area contributed by atoms with E-state index >= 15 is 0 Å². The minimum atomic E-state index is 0.0154. The fourth-order valence-electron chi connectivity index (χ4n) is 3.30. The third-order valence-corrected chi connectivity index (χ3v) is 4.90. The molecule has 0 radical (unpaired) electrons. The van der Waals surface area contributed by atoms with E-state index in [0.717, 1.165) is 13.0 Å². The molecule has 0 spiro atoms. The molecule has 0 aliphatic carbocycles. The highest BCUT2D eigenvalue weighted by Crippen LogP contribution is 2.19. The summed E-state index contributed by atoms with van der Waals surface area (Å²) in [4.78, 5) is 14.0. The highest BCUT2D eigenvalue weighted by Gasteiger charge is 2.15. The Hall–Kier alpha value is -1.77. The number of carbonyl (C=O) groups is 1. The Balaban J connectivity index is 1.48. The molecule has 1 aromatic carbocycles. The smallest absolute Gasteiger partial charge is 0.321 e. The molecule has 3 heteroatoms. The lowest BCUT2D eigenvalue weighted by atomic mass is 10.0. The van der Waals surface area contributed by atoms with Gasteiger partial charge in [0.2, 0.25) is 0 Å². The molecule has 138 valence electrons. The summed E-state index contributed by atoms with van der Waals surface area (Å²) in [6.07, 6.45) is 17.1. The fourth-order valence-corrected chi connectivity index (χ4v) is 3.30. The number of nitrogens with zero attached hydrogens (tertiary/aromatic N) is 1. The van der Waals surface area contributed by atoms with E-state index in [4.69, 9.17) is 0 Å². The van der Waals surface area contributed by atoms with Crippen LogP contribution in [-0.2, 0) is 6.54 Å². The van der Waals surface area contributed by atoms with Gasteiger partial charge in [0.15, 0.2) is 0 Å². The number of fused-ring (bicyclic) bond motifs is 1. The molecule has 1 N–H and O–H groups in total. The standard InChI is InChI=1S/C22H34N2O/c1-2-3-4-5-6-7-8-9-10-13-17-23-22(25)24-18-16-20-14-11-12-15-21(20)19-24/h11-12,14-16,18H,2-10,13,17,19H2,1H3,(H,23,25). The van der Waals surface area contributed by atoms with Gasteiger partial charge >= 0.3 is 6.03 Å². The summed E-state index contributed by atoms with van der Waals surface area (Å²) in [5.74, 6) is 0. The fraction of sp³-hybridized carbons (Fsp3) is 0.591. The zero-order chi connectivity index (χ0) is 17.7. The quantitative estimate of drug-likeness (QED) is 0.484. The molecule has 0 fully saturated rings. The van der Waals surface area contributed by atoms with Crippen LogP contribution >= 0.6 is 0 Å². The second kappa shape index (κ2) is 11.7. The van der Waals surface area contributed by atoms with Gasteiger partial charge in [-0.25, -0.2) is 4.79 Å². The molecule has 1 aliphatic heterocycles. The van der Waals surface area contributed by atoms with E-state index < -0.39 is 0 Å². The Labute approximate surface area is 153 Å². The lowest BCUT2D eigenvalue weighted by Gasteiger charge is -2.23. The number of urea groups is 1. The van der Waals surface area contributed by atoms with Crippen molar-refractivity contribution in [1.82, 2.24) is 10.2 Å². The van der Waals surface area contributed by atoms with Gasteiger partial charge in [0.25, 0.3) is 0 Å². The summed E-state index contributed by atoms with van der Waals surface area (Å²) in [5, 5.41) is 3.04. The van der Waals surface area contributed by atoms with E-state index in [9.17, 15) is 4.79 Å². The number of unbranched alkanes of at least 4 members (excludes halogenated alkanes) is 9. The van der Waals surface area contributed by atoms with Crippen LogP contribution in [0.15, 0.2) is 30.5 Å². The first-order valence-corrected chi connectivity index (χ1v) is 10.1. The summed E-state index contributed by atoms with van der Waals surface area (Å²) in [5.41, 5.74) is 2.42. The van der Waals surface area contributed by atoms with Crippen LogP contribution in [0.2, 0.25) is 0 Å². The molecule has 2 amide bonds. The molecular formula is C22H34N2O. The first-order chi connectivity index (χ1) is 12.3. The molecule has 0 unspecified atom stereocenters. The minimum absolute atomic E-state index is 0.0154. The van der Waals surface area contributed by atoms with Crippen LogP contribution < -0.4 is 5.32 Å². The molecule has 1 aliphatic rings. The van der Waals surface area contributed by atoms with Gasteiger partial charge in [-0.2, -0.15) is 0 Å². The second-order valence-electron chi connectivity index (χ2n) is 7.06. The van der Waals surface area contributed by atoms with Crippen molar-refractivity contribution >= 4 is 12.1 Å². The predicted molar refractivity (Wildman–Crippen MR) is 106 cm³/mol. The van der Waals surface area contributed by atoms with E-state index in [-0.39, 0.29) is 6.03 Å². The van der Waals surface area contributed by atoms with Crippen molar-refractivity contribution in [3.8, 4) is 0 Å². The number of carbonyl (C=O) groups excluding carboxylic acids is 1. The van der Waals surface area contributed by atoms with Crippen molar-refractivity contribution in [3.63, 3.8) is 0 Å². The van der Waals surface area contributed by atoms with Gasteiger partial charge in [-0.05, 0) is 23.6 Å². The maximum atomic E-state index is 12.2. The Morgan fingerprint density at radius 2 is 1.60 bits per heavy atom. The van der Waals surface area contributed by atoms with Crippen molar-refractivity contribution in [2.45, 2.75) is 77.7 Å². The SMILES string of the molecule is CCCCCCCCCCCCNC(=O)N1C=Cc2ccccc2C1. The number of benzene rings is 1. The highest BCUT2D eigenvalue weighted by molar-refractivity contribution is 5.77. The summed E-state index contributed by atoms with van der Waals surface area (Å²) in [6, 6.07) is 8.25. The molecular weight excluding hydrogens is 308 g/mol. The van der Waals surface area contributed by atoms with Gasteiger partial charge in [-0.1, -0.05) is 89.0 Å². The summed E-state index contributed by atoms with van der Waals surface area (Å²) in [7, 11) is 0. The molecule has 0 bridgehead atoms. The van der Waals surface area contributed by atoms with E-state index in [1.54, 1.807) is 4.90 Å². The lowest BCUT2D eigenvalue weighted by Crippen LogP contribution is -2.37. The van der Waals surface area contributed by atoms with Crippen LogP contribution in [-0.4, -0.2) is 17.5 Å². The molecule has 2 rings (SSSR count). The lowest BCUT2D eigenvalue weighted by molar-refractivity contribution is 0.213. The summed E-state index contributed by atoms with van der Waals surface area (Å²) in [6.45, 7) is 3.71. The van der Waals surface area contributed by atoms with Crippen molar-refractivity contribution in [2.24, 2.45) is 0 Å². The Morgan fingerprint density at radius 3 is 2.32 bits per heavy atom. The number of hydrogen-bond acceptors (Lipinski definition) is 1. The van der Waals surface area contributed by atoms with Gasteiger partial charge in [0.05, 0.1) is 6.54 Å². The number of rotatable bonds is 11. The van der Waals surface area contributed by atoms with Gasteiger partial charge in [0, 0.05) is 12.7 Å². The second-order valence-corrected chi connectivity index (χ2v) is 7.06. The minimum Gasteiger partial charge on any atom is -0.338 e. The predicted octanol–water partition coefficient (Wildman–Crippen LogP) is 6.10. The molecule has 1 aromatic rings. The molecule has 0 saturated carbocycles. The third kappa shape index (κ3) is 7.33. The first-order valence-electron chi connectivity index (χ1n) is 10.1.